The summed E-state index contributed by atoms with van der Waals surface area (Å²) < 4.78 is 0. The molecular formula is C29H35N3O3. The van der Waals surface area contributed by atoms with Crippen LogP contribution in [0.5, 0.6) is 0 Å². The van der Waals surface area contributed by atoms with Crippen molar-refractivity contribution in [1.29, 1.82) is 0 Å². The van der Waals surface area contributed by atoms with Gasteiger partial charge < -0.3 is 15.5 Å². The Bertz CT molecular complexity index is 1080. The Morgan fingerprint density at radius 2 is 1.77 bits per heavy atom. The van der Waals surface area contributed by atoms with Crippen LogP contribution in [0.1, 0.15) is 43.2 Å². The molecule has 3 unspecified atom stereocenters. The molecule has 2 aromatic carbocycles. The van der Waals surface area contributed by atoms with E-state index in [0.717, 1.165) is 24.0 Å². The van der Waals surface area contributed by atoms with Crippen LogP contribution in [0.2, 0.25) is 0 Å². The number of nitrogens with zero attached hydrogens (tertiary/aromatic N) is 2. The first-order valence-corrected chi connectivity index (χ1v) is 12.4. The van der Waals surface area contributed by atoms with Crippen molar-refractivity contribution in [2.45, 2.75) is 32.1 Å². The normalized spacial score (nSPS) is 24.2. The average Bonchev–Trinajstić information content (AvgIpc) is 3.11. The fourth-order valence-corrected chi connectivity index (χ4v) is 5.77. The Morgan fingerprint density at radius 1 is 1.11 bits per heavy atom. The quantitative estimate of drug-likeness (QED) is 0.666. The number of benzene rings is 2. The number of primary amides is 1. The van der Waals surface area contributed by atoms with E-state index in [1.54, 1.807) is 11.8 Å². The SMILES string of the molecule is CC(C(N)=O)[C@@H](CC=Cc1ccccc1)C(=O)N1CCCC2(C1)C(=O)N(C)CC2c1ccccc1. The maximum atomic E-state index is 13.8. The molecule has 0 saturated carbocycles. The number of rotatable bonds is 7. The monoisotopic (exact) mass is 473 g/mol. The molecular weight excluding hydrogens is 438 g/mol. The average molecular weight is 474 g/mol. The molecule has 0 aromatic heterocycles. The summed E-state index contributed by atoms with van der Waals surface area (Å²) in [4.78, 5) is 43.0. The molecule has 2 N–H and O–H groups in total. The third-order valence-electron chi connectivity index (χ3n) is 7.80. The molecule has 2 fully saturated rings. The van der Waals surface area contributed by atoms with E-state index in [-0.39, 0.29) is 17.7 Å². The number of nitrogens with two attached hydrogens (primary N) is 1. The van der Waals surface area contributed by atoms with Crippen molar-refractivity contribution in [2.75, 3.05) is 26.7 Å². The number of likely N-dealkylation sites (N-methyl/N-ethyl adjacent to an activating group) is 1. The summed E-state index contributed by atoms with van der Waals surface area (Å²) in [6, 6.07) is 20.0. The molecule has 2 aliphatic heterocycles. The smallest absolute Gasteiger partial charge is 0.231 e. The van der Waals surface area contributed by atoms with E-state index in [1.807, 2.05) is 72.6 Å². The minimum atomic E-state index is -0.635. The minimum Gasteiger partial charge on any atom is -0.369 e. The standard InChI is InChI=1S/C29H35N3O3/c1-21(26(30)33)24(16-9-13-22-11-5-3-6-12-22)27(34)32-18-10-17-29(20-32)25(19-31(2)28(29)35)23-14-7-4-8-15-23/h3-9,11-15,21,24-25H,10,16-20H2,1-2H3,(H2,30,33)/t21?,24-,25?,29?/m1/s1. The molecule has 6 nitrogen and oxygen atoms in total. The first-order chi connectivity index (χ1) is 16.8. The number of allylic oxidation sites excluding steroid dienone is 1. The van der Waals surface area contributed by atoms with E-state index < -0.39 is 23.2 Å². The van der Waals surface area contributed by atoms with E-state index in [1.165, 1.54) is 0 Å². The Hall–Kier alpha value is -3.41. The molecule has 1 spiro atoms. The Kier molecular flexibility index (Phi) is 7.39. The van der Waals surface area contributed by atoms with Crippen LogP contribution >= 0.6 is 0 Å². The number of hydrogen-bond donors (Lipinski definition) is 1. The largest absolute Gasteiger partial charge is 0.369 e. The summed E-state index contributed by atoms with van der Waals surface area (Å²) in [5.41, 5.74) is 7.18. The van der Waals surface area contributed by atoms with Gasteiger partial charge in [0.25, 0.3) is 0 Å². The molecule has 2 heterocycles. The summed E-state index contributed by atoms with van der Waals surface area (Å²) in [5, 5.41) is 0. The maximum absolute atomic E-state index is 13.8. The van der Waals surface area contributed by atoms with Crippen molar-refractivity contribution in [3.63, 3.8) is 0 Å². The molecule has 6 heteroatoms. The van der Waals surface area contributed by atoms with Gasteiger partial charge in [-0.15, -0.1) is 0 Å². The molecule has 4 atom stereocenters. The molecule has 0 bridgehead atoms. The van der Waals surface area contributed by atoms with Crippen molar-refractivity contribution >= 4 is 23.8 Å². The van der Waals surface area contributed by atoms with Crippen LogP contribution in [-0.4, -0.2) is 54.2 Å². The fraction of sp³-hybridized carbons (Fsp3) is 0.414. The second kappa shape index (κ2) is 10.5. The van der Waals surface area contributed by atoms with Gasteiger partial charge in [0.05, 0.1) is 11.3 Å². The van der Waals surface area contributed by atoms with E-state index in [4.69, 9.17) is 5.73 Å². The second-order valence-electron chi connectivity index (χ2n) is 10.0. The Labute approximate surface area is 207 Å². The first kappa shape index (κ1) is 24.7. The van der Waals surface area contributed by atoms with Gasteiger partial charge in [-0.3, -0.25) is 14.4 Å². The van der Waals surface area contributed by atoms with E-state index in [0.29, 0.717) is 26.1 Å². The molecule has 35 heavy (non-hydrogen) atoms. The van der Waals surface area contributed by atoms with Gasteiger partial charge in [0.2, 0.25) is 17.7 Å². The predicted molar refractivity (Wildman–Crippen MR) is 137 cm³/mol. The van der Waals surface area contributed by atoms with Crippen LogP contribution < -0.4 is 5.73 Å². The maximum Gasteiger partial charge on any atom is 0.231 e. The zero-order valence-electron chi connectivity index (χ0n) is 20.6. The van der Waals surface area contributed by atoms with Crippen molar-refractivity contribution in [2.24, 2.45) is 23.0 Å². The van der Waals surface area contributed by atoms with Gasteiger partial charge in [-0.1, -0.05) is 79.7 Å². The van der Waals surface area contributed by atoms with Gasteiger partial charge in [-0.25, -0.2) is 0 Å². The number of carbonyl (C=O) groups excluding carboxylic acids is 3. The molecule has 2 aliphatic rings. The molecule has 0 radical (unpaired) electrons. The van der Waals surface area contributed by atoms with Crippen molar-refractivity contribution in [1.82, 2.24) is 9.80 Å². The van der Waals surface area contributed by atoms with Crippen LogP contribution in [0.4, 0.5) is 0 Å². The number of piperidine rings is 1. The lowest BCUT2D eigenvalue weighted by Gasteiger charge is -2.43. The lowest BCUT2D eigenvalue weighted by Crippen LogP contribution is -2.53. The Balaban J connectivity index is 1.58. The van der Waals surface area contributed by atoms with Crippen LogP contribution in [0.25, 0.3) is 6.08 Å². The van der Waals surface area contributed by atoms with Gasteiger partial charge >= 0.3 is 0 Å². The predicted octanol–water partition coefficient (Wildman–Crippen LogP) is 3.69. The lowest BCUT2D eigenvalue weighted by atomic mass is 9.68. The molecule has 2 aromatic rings. The van der Waals surface area contributed by atoms with Crippen molar-refractivity contribution in [3.05, 3.63) is 77.9 Å². The number of amides is 3. The van der Waals surface area contributed by atoms with Gasteiger partial charge in [0.15, 0.2) is 0 Å². The van der Waals surface area contributed by atoms with Crippen LogP contribution in [0, 0.1) is 17.3 Å². The Morgan fingerprint density at radius 3 is 2.43 bits per heavy atom. The van der Waals surface area contributed by atoms with E-state index in [9.17, 15) is 14.4 Å². The number of carbonyl (C=O) groups is 3. The fourth-order valence-electron chi connectivity index (χ4n) is 5.77. The van der Waals surface area contributed by atoms with Crippen LogP contribution in [-0.2, 0) is 14.4 Å². The highest BCUT2D eigenvalue weighted by molar-refractivity contribution is 5.90. The first-order valence-electron chi connectivity index (χ1n) is 12.4. The van der Waals surface area contributed by atoms with Gasteiger partial charge in [-0.05, 0) is 30.4 Å². The van der Waals surface area contributed by atoms with E-state index >= 15 is 0 Å². The van der Waals surface area contributed by atoms with Crippen molar-refractivity contribution < 1.29 is 14.4 Å². The third-order valence-corrected chi connectivity index (χ3v) is 7.80. The molecule has 0 aliphatic carbocycles. The van der Waals surface area contributed by atoms with Gasteiger partial charge in [0, 0.05) is 38.5 Å². The summed E-state index contributed by atoms with van der Waals surface area (Å²) in [7, 11) is 1.85. The number of likely N-dealkylation sites (tertiary alicyclic amines) is 2. The molecule has 184 valence electrons. The minimum absolute atomic E-state index is 0.0294. The summed E-state index contributed by atoms with van der Waals surface area (Å²) >= 11 is 0. The van der Waals surface area contributed by atoms with Gasteiger partial charge in [-0.2, -0.15) is 0 Å². The molecule has 4 rings (SSSR count). The topological polar surface area (TPSA) is 83.7 Å². The molecule has 2 saturated heterocycles. The zero-order valence-corrected chi connectivity index (χ0v) is 20.6. The summed E-state index contributed by atoms with van der Waals surface area (Å²) in [6.45, 7) is 3.33. The lowest BCUT2D eigenvalue weighted by molar-refractivity contribution is -0.148. The highest BCUT2D eigenvalue weighted by atomic mass is 16.2. The molecule has 3 amide bonds. The second-order valence-corrected chi connectivity index (χ2v) is 10.0. The van der Waals surface area contributed by atoms with Crippen LogP contribution in [0.3, 0.4) is 0 Å². The van der Waals surface area contributed by atoms with E-state index in [2.05, 4.69) is 12.1 Å². The zero-order chi connectivity index (χ0) is 25.0. The number of hydrogen-bond acceptors (Lipinski definition) is 3. The third kappa shape index (κ3) is 5.02. The van der Waals surface area contributed by atoms with Crippen molar-refractivity contribution in [3.8, 4) is 0 Å². The van der Waals surface area contributed by atoms with Crippen LogP contribution in [0.15, 0.2) is 66.7 Å². The summed E-state index contributed by atoms with van der Waals surface area (Å²) in [5.74, 6) is -1.61. The summed E-state index contributed by atoms with van der Waals surface area (Å²) in [6.07, 6.45) is 5.83. The highest BCUT2D eigenvalue weighted by Gasteiger charge is 2.55. The van der Waals surface area contributed by atoms with Gasteiger partial charge in [0.1, 0.15) is 0 Å². The highest BCUT2D eigenvalue weighted by Crippen LogP contribution is 2.49.